The van der Waals surface area contributed by atoms with Crippen LogP contribution >= 0.6 is 11.3 Å². The summed E-state index contributed by atoms with van der Waals surface area (Å²) >= 11 is -0.985. The molecule has 1 heterocycles. The molecule has 1 N–H and O–H groups in total. The van der Waals surface area contributed by atoms with E-state index in [0.29, 0.717) is 5.13 Å². The molecule has 0 aliphatic carbocycles. The topological polar surface area (TPSA) is 65.0 Å². The lowest BCUT2D eigenvalue weighted by atomic mass is 10.3. The van der Waals surface area contributed by atoms with E-state index >= 15 is 0 Å². The predicted molar refractivity (Wildman–Crippen MR) is 52.2 cm³/mol. The molecule has 1 atom stereocenters. The van der Waals surface area contributed by atoms with Crippen molar-refractivity contribution in [1.82, 2.24) is 4.98 Å². The Balaban J connectivity index is 2.44. The van der Waals surface area contributed by atoms with Gasteiger partial charge in [-0.2, -0.15) is 0 Å². The fourth-order valence-corrected chi connectivity index (χ4v) is 2.26. The Kier molecular flexibility index (Phi) is 2.26. The second-order valence-corrected chi connectivity index (χ2v) is 4.03. The highest BCUT2D eigenvalue weighted by Gasteiger charge is 2.00. The largest absolute Gasteiger partial charge is 0.755 e. The van der Waals surface area contributed by atoms with Gasteiger partial charge in [-0.3, -0.25) is 8.93 Å². The summed E-state index contributed by atoms with van der Waals surface area (Å²) in [4.78, 5) is 4.07. The van der Waals surface area contributed by atoms with Crippen molar-refractivity contribution in [2.75, 3.05) is 4.72 Å². The minimum absolute atomic E-state index is 0.398. The fraction of sp³-hybridized carbons (Fsp3) is 0. The van der Waals surface area contributed by atoms with Gasteiger partial charge in [0, 0.05) is 11.3 Å². The van der Waals surface area contributed by atoms with Crippen LogP contribution in [0.5, 0.6) is 0 Å². The number of hydrogen-bond acceptors (Lipinski definition) is 4. The van der Waals surface area contributed by atoms with Crippen molar-refractivity contribution in [2.45, 2.75) is 0 Å². The average Bonchev–Trinajstić information content (AvgIpc) is 2.44. The van der Waals surface area contributed by atoms with Gasteiger partial charge < -0.3 is 4.55 Å². The predicted octanol–water partition coefficient (Wildman–Crippen LogP) is 1.50. The molecule has 6 heteroatoms. The molecular weight excluding hydrogens is 208 g/mol. The quantitative estimate of drug-likeness (QED) is 0.769. The zero-order chi connectivity index (χ0) is 9.26. The van der Waals surface area contributed by atoms with Crippen molar-refractivity contribution in [3.05, 3.63) is 24.3 Å². The Bertz CT molecular complexity index is 421. The van der Waals surface area contributed by atoms with Gasteiger partial charge in [-0.15, -0.1) is 0 Å². The molecule has 2 rings (SSSR count). The molecule has 0 fully saturated rings. The van der Waals surface area contributed by atoms with Gasteiger partial charge in [0.1, 0.15) is 0 Å². The minimum Gasteiger partial charge on any atom is -0.755 e. The van der Waals surface area contributed by atoms with Crippen LogP contribution in [0, 0.1) is 0 Å². The number of thiazole rings is 1. The minimum atomic E-state index is -2.30. The van der Waals surface area contributed by atoms with Gasteiger partial charge in [0.25, 0.3) is 0 Å². The number of fused-ring (bicyclic) bond motifs is 1. The summed E-state index contributed by atoms with van der Waals surface area (Å²) in [5, 5.41) is 0.398. The first kappa shape index (κ1) is 8.61. The molecule has 0 saturated heterocycles. The van der Waals surface area contributed by atoms with Gasteiger partial charge in [0.05, 0.1) is 10.2 Å². The summed E-state index contributed by atoms with van der Waals surface area (Å²) in [6.45, 7) is 0. The summed E-state index contributed by atoms with van der Waals surface area (Å²) in [6.07, 6.45) is 0. The SMILES string of the molecule is O=S([O-])Nc1nc2ccccc2s1. The molecule has 1 aromatic heterocycles. The van der Waals surface area contributed by atoms with E-state index < -0.39 is 11.3 Å². The highest BCUT2D eigenvalue weighted by atomic mass is 32.2. The van der Waals surface area contributed by atoms with Crippen molar-refractivity contribution in [2.24, 2.45) is 0 Å². The highest BCUT2D eigenvalue weighted by molar-refractivity contribution is 7.80. The van der Waals surface area contributed by atoms with E-state index in [9.17, 15) is 8.76 Å². The van der Waals surface area contributed by atoms with Gasteiger partial charge in [0.15, 0.2) is 5.13 Å². The summed E-state index contributed by atoms with van der Waals surface area (Å²) in [7, 11) is 0. The van der Waals surface area contributed by atoms with Gasteiger partial charge in [-0.25, -0.2) is 4.98 Å². The van der Waals surface area contributed by atoms with Crippen LogP contribution in [0.3, 0.4) is 0 Å². The molecule has 1 unspecified atom stereocenters. The lowest BCUT2D eigenvalue weighted by Gasteiger charge is -2.02. The number of anilines is 1. The van der Waals surface area contributed by atoms with Crippen molar-refractivity contribution >= 4 is 38.0 Å². The van der Waals surface area contributed by atoms with E-state index in [-0.39, 0.29) is 0 Å². The Morgan fingerprint density at radius 3 is 2.92 bits per heavy atom. The number of aromatic nitrogens is 1. The molecule has 0 amide bonds. The molecule has 1 aromatic carbocycles. The molecule has 13 heavy (non-hydrogen) atoms. The van der Waals surface area contributed by atoms with Crippen LogP contribution in [-0.4, -0.2) is 13.7 Å². The van der Waals surface area contributed by atoms with E-state index in [4.69, 9.17) is 0 Å². The maximum absolute atomic E-state index is 10.3. The van der Waals surface area contributed by atoms with Crippen molar-refractivity contribution in [3.63, 3.8) is 0 Å². The van der Waals surface area contributed by atoms with Crippen LogP contribution in [-0.2, 0) is 11.3 Å². The van der Waals surface area contributed by atoms with Gasteiger partial charge >= 0.3 is 0 Å². The average molecular weight is 213 g/mol. The van der Waals surface area contributed by atoms with Crippen LogP contribution in [0.1, 0.15) is 0 Å². The normalized spacial score (nSPS) is 13.0. The molecule has 0 saturated carbocycles. The number of para-hydroxylation sites is 1. The van der Waals surface area contributed by atoms with Crippen LogP contribution in [0.25, 0.3) is 10.2 Å². The second-order valence-electron chi connectivity index (χ2n) is 2.32. The molecule has 0 spiro atoms. The first-order valence-electron chi connectivity index (χ1n) is 3.47. The fourth-order valence-electron chi connectivity index (χ4n) is 0.987. The number of rotatable bonds is 2. The Hall–Kier alpha value is -0.980. The van der Waals surface area contributed by atoms with Crippen LogP contribution in [0.2, 0.25) is 0 Å². The summed E-state index contributed by atoms with van der Waals surface area (Å²) in [5.41, 5.74) is 0.806. The number of benzene rings is 1. The molecule has 2 aromatic rings. The molecule has 0 aliphatic heterocycles. The zero-order valence-corrected chi connectivity index (χ0v) is 8.02. The Morgan fingerprint density at radius 1 is 1.46 bits per heavy atom. The third kappa shape index (κ3) is 1.85. The smallest absolute Gasteiger partial charge is 0.194 e. The monoisotopic (exact) mass is 213 g/mol. The highest BCUT2D eigenvalue weighted by Crippen LogP contribution is 2.25. The third-order valence-electron chi connectivity index (χ3n) is 1.46. The zero-order valence-electron chi connectivity index (χ0n) is 6.39. The van der Waals surface area contributed by atoms with Crippen LogP contribution < -0.4 is 4.72 Å². The van der Waals surface area contributed by atoms with Crippen molar-refractivity contribution < 1.29 is 8.76 Å². The lowest BCUT2D eigenvalue weighted by molar-refractivity contribution is 0.542. The number of nitrogens with one attached hydrogen (secondary N) is 1. The van der Waals surface area contributed by atoms with E-state index in [0.717, 1.165) is 10.2 Å². The summed E-state index contributed by atoms with van der Waals surface area (Å²) < 4.78 is 23.8. The Morgan fingerprint density at radius 2 is 2.23 bits per heavy atom. The molecular formula is C7H5N2O2S2-. The summed E-state index contributed by atoms with van der Waals surface area (Å²) in [5.74, 6) is 0. The van der Waals surface area contributed by atoms with Crippen LogP contribution in [0.4, 0.5) is 5.13 Å². The molecule has 4 nitrogen and oxygen atoms in total. The molecule has 0 bridgehead atoms. The first-order valence-corrected chi connectivity index (χ1v) is 5.36. The lowest BCUT2D eigenvalue weighted by Crippen LogP contribution is -2.00. The van der Waals surface area contributed by atoms with Crippen molar-refractivity contribution in [3.8, 4) is 0 Å². The van der Waals surface area contributed by atoms with Crippen LogP contribution in [0.15, 0.2) is 24.3 Å². The van der Waals surface area contributed by atoms with E-state index in [2.05, 4.69) is 9.71 Å². The molecule has 68 valence electrons. The standard InChI is InChI=1S/C7H6N2O2S2/c10-13(11)9-7-8-5-3-1-2-4-6(5)12-7/h1-4H,(H,8,9)(H,10,11)/p-1. The van der Waals surface area contributed by atoms with E-state index in [1.807, 2.05) is 24.3 Å². The third-order valence-corrected chi connectivity index (χ3v) is 2.91. The van der Waals surface area contributed by atoms with Gasteiger partial charge in [-0.1, -0.05) is 23.5 Å². The maximum atomic E-state index is 10.3. The van der Waals surface area contributed by atoms with Gasteiger partial charge in [-0.05, 0) is 12.1 Å². The summed E-state index contributed by atoms with van der Waals surface area (Å²) in [6, 6.07) is 7.48. The number of hydrogen-bond donors (Lipinski definition) is 1. The molecule has 0 aliphatic rings. The molecule has 0 radical (unpaired) electrons. The van der Waals surface area contributed by atoms with Crippen molar-refractivity contribution in [1.29, 1.82) is 0 Å². The number of nitrogens with zero attached hydrogens (tertiary/aromatic N) is 1. The van der Waals surface area contributed by atoms with E-state index in [1.165, 1.54) is 11.3 Å². The maximum Gasteiger partial charge on any atom is 0.194 e. The van der Waals surface area contributed by atoms with Gasteiger partial charge in [0.2, 0.25) is 0 Å². The van der Waals surface area contributed by atoms with E-state index in [1.54, 1.807) is 0 Å². The second kappa shape index (κ2) is 3.41. The Labute approximate surface area is 81.0 Å². The first-order chi connectivity index (χ1) is 6.25.